The maximum absolute atomic E-state index is 12.5. The van der Waals surface area contributed by atoms with E-state index in [4.69, 9.17) is 5.73 Å². The van der Waals surface area contributed by atoms with Crippen LogP contribution in [0.4, 0.5) is 11.5 Å². The summed E-state index contributed by atoms with van der Waals surface area (Å²) in [6.07, 6.45) is 4.61. The first-order valence-corrected chi connectivity index (χ1v) is 10.8. The number of nitrogens with one attached hydrogen (secondary N) is 2. The average Bonchev–Trinajstić information content (AvgIpc) is 3.42. The SMILES string of the molecule is CC(C)(C)c1ccc(NC(=O)c2ncn(CC(=O)NCCn3ccc4c(N)ncnc43)n2)cc1. The molecule has 11 nitrogen and oxygen atoms in total. The summed E-state index contributed by atoms with van der Waals surface area (Å²) in [5, 5.41) is 10.5. The average molecular weight is 462 g/mol. The van der Waals surface area contributed by atoms with E-state index in [0.29, 0.717) is 30.2 Å². The summed E-state index contributed by atoms with van der Waals surface area (Å²) in [5.74, 6) is -0.284. The van der Waals surface area contributed by atoms with Gasteiger partial charge in [-0.25, -0.2) is 19.6 Å². The van der Waals surface area contributed by atoms with Gasteiger partial charge < -0.3 is 20.9 Å². The Kier molecular flexibility index (Phi) is 6.26. The number of hydrogen-bond donors (Lipinski definition) is 3. The Morgan fingerprint density at radius 3 is 2.56 bits per heavy atom. The van der Waals surface area contributed by atoms with Crippen LogP contribution in [0.25, 0.3) is 11.0 Å². The van der Waals surface area contributed by atoms with Gasteiger partial charge in [-0.3, -0.25) is 9.59 Å². The van der Waals surface area contributed by atoms with E-state index >= 15 is 0 Å². The van der Waals surface area contributed by atoms with Crippen LogP contribution < -0.4 is 16.4 Å². The predicted octanol–water partition coefficient (Wildman–Crippen LogP) is 1.97. The molecule has 0 unspecified atom stereocenters. The normalized spacial score (nSPS) is 11.5. The molecule has 3 heterocycles. The molecular formula is C23H27N9O2. The number of aromatic nitrogens is 6. The Balaban J connectivity index is 1.27. The van der Waals surface area contributed by atoms with E-state index in [1.165, 1.54) is 22.9 Å². The number of rotatable bonds is 7. The molecule has 0 bridgehead atoms. The first-order chi connectivity index (χ1) is 16.2. The van der Waals surface area contributed by atoms with Gasteiger partial charge in [0.25, 0.3) is 5.91 Å². The number of hydrogen-bond acceptors (Lipinski definition) is 7. The zero-order valence-corrected chi connectivity index (χ0v) is 19.3. The van der Waals surface area contributed by atoms with E-state index in [-0.39, 0.29) is 23.7 Å². The molecule has 0 aliphatic heterocycles. The highest BCUT2D eigenvalue weighted by Crippen LogP contribution is 2.23. The highest BCUT2D eigenvalue weighted by molar-refractivity contribution is 6.01. The van der Waals surface area contributed by atoms with Crippen LogP contribution in [-0.4, -0.2) is 47.7 Å². The van der Waals surface area contributed by atoms with Crippen molar-refractivity contribution in [3.05, 3.63) is 60.6 Å². The van der Waals surface area contributed by atoms with Crippen LogP contribution >= 0.6 is 0 Å². The van der Waals surface area contributed by atoms with Gasteiger partial charge in [0.05, 0.1) is 5.39 Å². The molecule has 4 rings (SSSR count). The van der Waals surface area contributed by atoms with Crippen molar-refractivity contribution in [1.82, 2.24) is 34.6 Å². The third kappa shape index (κ3) is 5.20. The number of carbonyl (C=O) groups excluding carboxylic acids is 2. The Morgan fingerprint density at radius 2 is 1.82 bits per heavy atom. The van der Waals surface area contributed by atoms with Gasteiger partial charge in [0.1, 0.15) is 30.7 Å². The second kappa shape index (κ2) is 9.30. The van der Waals surface area contributed by atoms with Crippen molar-refractivity contribution in [2.75, 3.05) is 17.6 Å². The van der Waals surface area contributed by atoms with Crippen LogP contribution in [0.5, 0.6) is 0 Å². The molecule has 11 heteroatoms. The fourth-order valence-corrected chi connectivity index (χ4v) is 3.44. The molecule has 4 N–H and O–H groups in total. The van der Waals surface area contributed by atoms with Crippen molar-refractivity contribution in [3.8, 4) is 0 Å². The second-order valence-corrected chi connectivity index (χ2v) is 8.90. The number of carbonyl (C=O) groups is 2. The van der Waals surface area contributed by atoms with Crippen LogP contribution in [-0.2, 0) is 23.3 Å². The number of benzene rings is 1. The molecular weight excluding hydrogens is 434 g/mol. The summed E-state index contributed by atoms with van der Waals surface area (Å²) >= 11 is 0. The van der Waals surface area contributed by atoms with Crippen molar-refractivity contribution >= 4 is 34.4 Å². The van der Waals surface area contributed by atoms with Gasteiger partial charge in [-0.15, -0.1) is 5.10 Å². The van der Waals surface area contributed by atoms with Gasteiger partial charge in [-0.2, -0.15) is 0 Å². The Labute approximate surface area is 196 Å². The fourth-order valence-electron chi connectivity index (χ4n) is 3.44. The molecule has 0 aliphatic rings. The quantitative estimate of drug-likeness (QED) is 0.381. The minimum atomic E-state index is -0.441. The van der Waals surface area contributed by atoms with Crippen molar-refractivity contribution < 1.29 is 9.59 Å². The number of amides is 2. The van der Waals surface area contributed by atoms with E-state index in [2.05, 4.69) is 51.5 Å². The minimum absolute atomic E-state index is 0.0104. The van der Waals surface area contributed by atoms with E-state index < -0.39 is 5.91 Å². The molecule has 0 radical (unpaired) electrons. The van der Waals surface area contributed by atoms with Crippen LogP contribution in [0, 0.1) is 0 Å². The van der Waals surface area contributed by atoms with Crippen LogP contribution in [0.3, 0.4) is 0 Å². The lowest BCUT2D eigenvalue weighted by atomic mass is 9.87. The summed E-state index contributed by atoms with van der Waals surface area (Å²) in [7, 11) is 0. The molecule has 3 aromatic heterocycles. The topological polar surface area (TPSA) is 146 Å². The Hall–Kier alpha value is -4.28. The van der Waals surface area contributed by atoms with E-state index in [0.717, 1.165) is 5.39 Å². The molecule has 0 atom stereocenters. The summed E-state index contributed by atoms with van der Waals surface area (Å²) in [6, 6.07) is 9.48. The highest BCUT2D eigenvalue weighted by Gasteiger charge is 2.16. The first kappa shape index (κ1) is 22.9. The highest BCUT2D eigenvalue weighted by atomic mass is 16.2. The van der Waals surface area contributed by atoms with Crippen LogP contribution in [0.15, 0.2) is 49.2 Å². The molecule has 4 aromatic rings. The summed E-state index contributed by atoms with van der Waals surface area (Å²) in [4.78, 5) is 37.0. The molecule has 0 aliphatic carbocycles. The largest absolute Gasteiger partial charge is 0.383 e. The number of nitrogens with two attached hydrogens (primary N) is 1. The summed E-state index contributed by atoms with van der Waals surface area (Å²) in [6.45, 7) is 7.23. The molecule has 0 spiro atoms. The molecule has 0 fully saturated rings. The van der Waals surface area contributed by atoms with Gasteiger partial charge in [0.2, 0.25) is 11.7 Å². The molecule has 176 valence electrons. The zero-order chi connectivity index (χ0) is 24.3. The van der Waals surface area contributed by atoms with Crippen molar-refractivity contribution in [2.24, 2.45) is 0 Å². The van der Waals surface area contributed by atoms with Crippen molar-refractivity contribution in [2.45, 2.75) is 39.3 Å². The maximum atomic E-state index is 12.5. The molecule has 2 amide bonds. The van der Waals surface area contributed by atoms with Gasteiger partial charge in [0, 0.05) is 25.0 Å². The summed E-state index contributed by atoms with van der Waals surface area (Å²) in [5.41, 5.74) is 8.40. The van der Waals surface area contributed by atoms with Crippen molar-refractivity contribution in [3.63, 3.8) is 0 Å². The molecule has 0 saturated carbocycles. The number of anilines is 2. The van der Waals surface area contributed by atoms with E-state index in [1.54, 1.807) is 0 Å². The zero-order valence-electron chi connectivity index (χ0n) is 19.3. The predicted molar refractivity (Wildman–Crippen MR) is 128 cm³/mol. The number of nitrogen functional groups attached to an aromatic ring is 1. The van der Waals surface area contributed by atoms with Gasteiger partial charge in [-0.1, -0.05) is 32.9 Å². The van der Waals surface area contributed by atoms with E-state index in [9.17, 15) is 9.59 Å². The lowest BCUT2D eigenvalue weighted by Crippen LogP contribution is -2.30. The molecule has 0 saturated heterocycles. The van der Waals surface area contributed by atoms with Crippen LogP contribution in [0.2, 0.25) is 0 Å². The second-order valence-electron chi connectivity index (χ2n) is 8.90. The minimum Gasteiger partial charge on any atom is -0.383 e. The number of nitrogens with zero attached hydrogens (tertiary/aromatic N) is 6. The molecule has 34 heavy (non-hydrogen) atoms. The van der Waals surface area contributed by atoms with E-state index in [1.807, 2.05) is 41.1 Å². The number of fused-ring (bicyclic) bond motifs is 1. The lowest BCUT2D eigenvalue weighted by Gasteiger charge is -2.19. The Morgan fingerprint density at radius 1 is 1.06 bits per heavy atom. The maximum Gasteiger partial charge on any atom is 0.295 e. The first-order valence-electron chi connectivity index (χ1n) is 10.8. The van der Waals surface area contributed by atoms with Crippen LogP contribution in [0.1, 0.15) is 37.0 Å². The Bertz CT molecular complexity index is 1320. The van der Waals surface area contributed by atoms with Gasteiger partial charge >= 0.3 is 0 Å². The smallest absolute Gasteiger partial charge is 0.295 e. The molecule has 1 aromatic carbocycles. The monoisotopic (exact) mass is 461 g/mol. The fraction of sp³-hybridized carbons (Fsp3) is 0.304. The standard InChI is InChI=1S/C23H27N9O2/c1-23(2,3)15-4-6-16(7-5-15)29-22(34)20-28-14-32(30-20)12-18(33)25-9-11-31-10-8-17-19(24)26-13-27-21(17)31/h4-8,10,13-14H,9,11-12H2,1-3H3,(H,25,33)(H,29,34)(H2,24,26,27). The lowest BCUT2D eigenvalue weighted by molar-refractivity contribution is -0.121. The third-order valence-electron chi connectivity index (χ3n) is 5.32. The summed E-state index contributed by atoms with van der Waals surface area (Å²) < 4.78 is 3.21. The van der Waals surface area contributed by atoms with Gasteiger partial charge in [-0.05, 0) is 29.2 Å². The van der Waals surface area contributed by atoms with Gasteiger partial charge in [0.15, 0.2) is 0 Å². The third-order valence-corrected chi connectivity index (χ3v) is 5.32. The van der Waals surface area contributed by atoms with Crippen molar-refractivity contribution in [1.29, 1.82) is 0 Å².